The zero-order valence-electron chi connectivity index (χ0n) is 13.3. The Balaban J connectivity index is 1.91. The molecule has 0 N–H and O–H groups in total. The Kier molecular flexibility index (Phi) is 6.24. The van der Waals surface area contributed by atoms with Crippen molar-refractivity contribution in [1.29, 1.82) is 0 Å². The van der Waals surface area contributed by atoms with Crippen LogP contribution in [0.3, 0.4) is 0 Å². The van der Waals surface area contributed by atoms with Gasteiger partial charge in [-0.25, -0.2) is 9.78 Å². The summed E-state index contributed by atoms with van der Waals surface area (Å²) in [6.45, 7) is 2.73. The number of nitro groups is 1. The van der Waals surface area contributed by atoms with Crippen molar-refractivity contribution in [3.8, 4) is 11.5 Å². The predicted octanol–water partition coefficient (Wildman–Crippen LogP) is 3.78. The van der Waals surface area contributed by atoms with Gasteiger partial charge in [-0.05, 0) is 30.7 Å². The predicted molar refractivity (Wildman–Crippen MR) is 87.3 cm³/mol. The average molecular weight is 330 g/mol. The van der Waals surface area contributed by atoms with Crippen LogP contribution in [-0.2, 0) is 0 Å². The molecule has 0 fully saturated rings. The van der Waals surface area contributed by atoms with Gasteiger partial charge in [0.15, 0.2) is 0 Å². The number of non-ortho nitro benzene ring substituents is 1. The molecule has 1 heterocycles. The number of unbranched alkanes of at least 4 members (excludes halogenated alkanes) is 2. The van der Waals surface area contributed by atoms with Gasteiger partial charge in [0.1, 0.15) is 17.2 Å². The molecular weight excluding hydrogens is 312 g/mol. The average Bonchev–Trinajstić information content (AvgIpc) is 2.59. The number of carbonyl (C=O) groups excluding carboxylic acids is 1. The number of rotatable bonds is 8. The van der Waals surface area contributed by atoms with Gasteiger partial charge in [-0.3, -0.25) is 10.1 Å². The van der Waals surface area contributed by atoms with Crippen LogP contribution in [0.25, 0.3) is 0 Å². The van der Waals surface area contributed by atoms with Crippen LogP contribution < -0.4 is 9.47 Å². The van der Waals surface area contributed by atoms with Crippen LogP contribution in [0.5, 0.6) is 11.5 Å². The summed E-state index contributed by atoms with van der Waals surface area (Å²) < 4.78 is 10.6. The van der Waals surface area contributed by atoms with Crippen LogP contribution in [0.4, 0.5) is 5.69 Å². The number of nitrogens with zero attached hydrogens (tertiary/aromatic N) is 2. The molecule has 2 rings (SSSR count). The van der Waals surface area contributed by atoms with E-state index < -0.39 is 10.9 Å². The highest BCUT2D eigenvalue weighted by Crippen LogP contribution is 2.18. The Labute approximate surface area is 139 Å². The lowest BCUT2D eigenvalue weighted by Crippen LogP contribution is -2.10. The van der Waals surface area contributed by atoms with Crippen LogP contribution in [0.1, 0.15) is 36.7 Å². The minimum Gasteiger partial charge on any atom is -0.492 e. The maximum Gasteiger partial charge on any atom is 0.362 e. The quantitative estimate of drug-likeness (QED) is 0.240. The summed E-state index contributed by atoms with van der Waals surface area (Å²) >= 11 is 0. The topological polar surface area (TPSA) is 91.6 Å². The molecule has 1 aromatic carbocycles. The molecule has 0 aliphatic heterocycles. The van der Waals surface area contributed by atoms with Crippen molar-refractivity contribution in [2.45, 2.75) is 26.2 Å². The number of nitro benzene ring substituents is 1. The molecule has 126 valence electrons. The fourth-order valence-electron chi connectivity index (χ4n) is 1.92. The van der Waals surface area contributed by atoms with E-state index in [-0.39, 0.29) is 17.1 Å². The number of ether oxygens (including phenoxy) is 2. The number of benzene rings is 1. The number of aromatic nitrogens is 1. The van der Waals surface area contributed by atoms with E-state index in [1.165, 1.54) is 36.5 Å². The SMILES string of the molecule is CCCCCOc1ccc(C(=O)Oc2ccc([N+](=O)[O-])cc2)nc1. The van der Waals surface area contributed by atoms with E-state index in [9.17, 15) is 14.9 Å². The first-order chi connectivity index (χ1) is 11.6. The summed E-state index contributed by atoms with van der Waals surface area (Å²) in [5.41, 5.74) is 0.0618. The van der Waals surface area contributed by atoms with Gasteiger partial charge in [0.05, 0.1) is 17.7 Å². The van der Waals surface area contributed by atoms with Crippen LogP contribution >= 0.6 is 0 Å². The Morgan fingerprint density at radius 1 is 1.12 bits per heavy atom. The molecule has 0 saturated heterocycles. The smallest absolute Gasteiger partial charge is 0.362 e. The van der Waals surface area contributed by atoms with E-state index in [1.54, 1.807) is 6.07 Å². The second-order valence-electron chi connectivity index (χ2n) is 5.08. The van der Waals surface area contributed by atoms with Crippen LogP contribution in [0, 0.1) is 10.1 Å². The van der Waals surface area contributed by atoms with Crippen molar-refractivity contribution in [3.63, 3.8) is 0 Å². The van der Waals surface area contributed by atoms with E-state index >= 15 is 0 Å². The summed E-state index contributed by atoms with van der Waals surface area (Å²) in [4.78, 5) is 26.0. The van der Waals surface area contributed by atoms with Crippen LogP contribution in [0.15, 0.2) is 42.6 Å². The summed E-state index contributed by atoms with van der Waals surface area (Å²) in [5.74, 6) is 0.173. The zero-order chi connectivity index (χ0) is 17.4. The maximum atomic E-state index is 12.0. The molecular formula is C17H18N2O5. The van der Waals surface area contributed by atoms with E-state index in [2.05, 4.69) is 11.9 Å². The van der Waals surface area contributed by atoms with Crippen molar-refractivity contribution >= 4 is 11.7 Å². The van der Waals surface area contributed by atoms with Crippen molar-refractivity contribution in [1.82, 2.24) is 4.98 Å². The van der Waals surface area contributed by atoms with Gasteiger partial charge in [0.25, 0.3) is 5.69 Å². The molecule has 0 aliphatic carbocycles. The van der Waals surface area contributed by atoms with Gasteiger partial charge in [0, 0.05) is 12.1 Å². The molecule has 0 bridgehead atoms. The van der Waals surface area contributed by atoms with E-state index in [0.717, 1.165) is 19.3 Å². The van der Waals surface area contributed by atoms with Crippen molar-refractivity contribution in [2.75, 3.05) is 6.61 Å². The number of hydrogen-bond acceptors (Lipinski definition) is 6. The van der Waals surface area contributed by atoms with Gasteiger partial charge >= 0.3 is 5.97 Å². The molecule has 2 aromatic rings. The Hall–Kier alpha value is -2.96. The zero-order valence-corrected chi connectivity index (χ0v) is 13.3. The van der Waals surface area contributed by atoms with Crippen LogP contribution in [-0.4, -0.2) is 22.5 Å². The molecule has 7 heteroatoms. The molecule has 0 atom stereocenters. The molecule has 0 radical (unpaired) electrons. The third-order valence-electron chi connectivity index (χ3n) is 3.22. The lowest BCUT2D eigenvalue weighted by atomic mass is 10.3. The van der Waals surface area contributed by atoms with Crippen molar-refractivity contribution in [3.05, 3.63) is 58.4 Å². The number of hydrogen-bond donors (Lipinski definition) is 0. The highest BCUT2D eigenvalue weighted by Gasteiger charge is 2.12. The Morgan fingerprint density at radius 2 is 1.83 bits per heavy atom. The van der Waals surface area contributed by atoms with Gasteiger partial charge in [-0.2, -0.15) is 0 Å². The number of pyridine rings is 1. The number of esters is 1. The van der Waals surface area contributed by atoms with Crippen molar-refractivity contribution < 1.29 is 19.2 Å². The summed E-state index contributed by atoms with van der Waals surface area (Å²) in [5, 5.41) is 10.6. The summed E-state index contributed by atoms with van der Waals surface area (Å²) in [7, 11) is 0. The molecule has 7 nitrogen and oxygen atoms in total. The molecule has 0 amide bonds. The maximum absolute atomic E-state index is 12.0. The Bertz CT molecular complexity index is 683. The summed E-state index contributed by atoms with van der Waals surface area (Å²) in [6.07, 6.45) is 4.67. The van der Waals surface area contributed by atoms with E-state index in [0.29, 0.717) is 12.4 Å². The lowest BCUT2D eigenvalue weighted by Gasteiger charge is -2.06. The normalized spacial score (nSPS) is 10.2. The fourth-order valence-corrected chi connectivity index (χ4v) is 1.92. The summed E-state index contributed by atoms with van der Waals surface area (Å²) in [6, 6.07) is 8.43. The minimum absolute atomic E-state index is 0.0718. The molecule has 0 spiro atoms. The highest BCUT2D eigenvalue weighted by molar-refractivity contribution is 5.89. The third-order valence-corrected chi connectivity index (χ3v) is 3.22. The first kappa shape index (κ1) is 17.4. The second kappa shape index (κ2) is 8.61. The van der Waals surface area contributed by atoms with Gasteiger partial charge in [0.2, 0.25) is 0 Å². The molecule has 24 heavy (non-hydrogen) atoms. The van der Waals surface area contributed by atoms with Crippen LogP contribution in [0.2, 0.25) is 0 Å². The van der Waals surface area contributed by atoms with Gasteiger partial charge in [-0.15, -0.1) is 0 Å². The molecule has 0 aliphatic rings. The van der Waals surface area contributed by atoms with Crippen molar-refractivity contribution in [2.24, 2.45) is 0 Å². The highest BCUT2D eigenvalue weighted by atomic mass is 16.6. The van der Waals surface area contributed by atoms with E-state index in [1.807, 2.05) is 0 Å². The standard InChI is InChI=1S/C17H18N2O5/c1-2-3-4-11-23-15-9-10-16(18-12-15)17(20)24-14-7-5-13(6-8-14)19(21)22/h5-10,12H,2-4,11H2,1H3. The van der Waals surface area contributed by atoms with Gasteiger partial charge in [-0.1, -0.05) is 19.8 Å². The third kappa shape index (κ3) is 5.05. The van der Waals surface area contributed by atoms with Gasteiger partial charge < -0.3 is 9.47 Å². The molecule has 1 aromatic heterocycles. The fraction of sp³-hybridized carbons (Fsp3) is 0.294. The Morgan fingerprint density at radius 3 is 2.42 bits per heavy atom. The molecule has 0 saturated carbocycles. The first-order valence-electron chi connectivity index (χ1n) is 7.65. The number of carbonyl (C=O) groups is 1. The lowest BCUT2D eigenvalue weighted by molar-refractivity contribution is -0.384. The molecule has 0 unspecified atom stereocenters. The second-order valence-corrected chi connectivity index (χ2v) is 5.08. The largest absolute Gasteiger partial charge is 0.492 e. The van der Waals surface area contributed by atoms with E-state index in [4.69, 9.17) is 9.47 Å². The monoisotopic (exact) mass is 330 g/mol. The minimum atomic E-state index is -0.638. The first-order valence-corrected chi connectivity index (χ1v) is 7.65.